The van der Waals surface area contributed by atoms with Gasteiger partial charge in [-0.05, 0) is 105 Å². The standard InChI is InChI=1S/C23H30ClNO/c24-20-3-1-19(2-4-20)22-11-17-9-18(12-22)14-23(13-17,15-22)21(26)10-16-5-7-25-8-6-16/h1-4,16-18,25H,5-15H2. The lowest BCUT2D eigenvalue weighted by molar-refractivity contribution is -0.148. The molecule has 0 radical (unpaired) electrons. The van der Waals surface area contributed by atoms with Crippen molar-refractivity contribution in [1.29, 1.82) is 0 Å². The fourth-order valence-corrected chi connectivity index (χ4v) is 7.42. The molecule has 1 saturated heterocycles. The first-order valence-corrected chi connectivity index (χ1v) is 10.9. The predicted molar refractivity (Wildman–Crippen MR) is 105 cm³/mol. The van der Waals surface area contributed by atoms with E-state index in [-0.39, 0.29) is 10.8 Å². The van der Waals surface area contributed by atoms with Crippen LogP contribution in [0.15, 0.2) is 24.3 Å². The Morgan fingerprint density at radius 3 is 2.35 bits per heavy atom. The summed E-state index contributed by atoms with van der Waals surface area (Å²) in [6.07, 6.45) is 10.5. The summed E-state index contributed by atoms with van der Waals surface area (Å²) >= 11 is 6.15. The van der Waals surface area contributed by atoms with Crippen LogP contribution < -0.4 is 5.32 Å². The number of Topliss-reactive ketones (excluding diaryl/α,β-unsaturated/α-hetero) is 1. The molecule has 1 aromatic carbocycles. The van der Waals surface area contributed by atoms with Crippen LogP contribution in [0.2, 0.25) is 5.02 Å². The first-order valence-electron chi connectivity index (χ1n) is 10.6. The van der Waals surface area contributed by atoms with Crippen LogP contribution in [0.25, 0.3) is 0 Å². The van der Waals surface area contributed by atoms with E-state index in [0.29, 0.717) is 11.7 Å². The molecule has 5 aliphatic rings. The van der Waals surface area contributed by atoms with Gasteiger partial charge in [0.05, 0.1) is 0 Å². The molecule has 4 aliphatic carbocycles. The van der Waals surface area contributed by atoms with Crippen LogP contribution in [0.5, 0.6) is 0 Å². The Labute approximate surface area is 162 Å². The number of carbonyl (C=O) groups excluding carboxylic acids is 1. The highest BCUT2D eigenvalue weighted by Crippen LogP contribution is 2.66. The molecule has 4 saturated carbocycles. The minimum Gasteiger partial charge on any atom is -0.317 e. The highest BCUT2D eigenvalue weighted by atomic mass is 35.5. The molecule has 2 atom stereocenters. The van der Waals surface area contributed by atoms with Crippen LogP contribution >= 0.6 is 11.6 Å². The highest BCUT2D eigenvalue weighted by Gasteiger charge is 2.60. The van der Waals surface area contributed by atoms with E-state index < -0.39 is 0 Å². The lowest BCUT2D eigenvalue weighted by Crippen LogP contribution is -2.57. The van der Waals surface area contributed by atoms with E-state index >= 15 is 0 Å². The van der Waals surface area contributed by atoms with Gasteiger partial charge in [-0.3, -0.25) is 4.79 Å². The number of hydrogen-bond donors (Lipinski definition) is 1. The molecule has 0 spiro atoms. The predicted octanol–water partition coefficient (Wildman–Crippen LogP) is 5.14. The quantitative estimate of drug-likeness (QED) is 0.794. The summed E-state index contributed by atoms with van der Waals surface area (Å²) in [5, 5.41) is 4.25. The van der Waals surface area contributed by atoms with Crippen molar-refractivity contribution < 1.29 is 4.79 Å². The van der Waals surface area contributed by atoms with E-state index in [4.69, 9.17) is 11.6 Å². The van der Waals surface area contributed by atoms with Crippen molar-refractivity contribution in [2.45, 2.75) is 63.2 Å². The van der Waals surface area contributed by atoms with Crippen LogP contribution in [0, 0.1) is 23.2 Å². The molecule has 2 nitrogen and oxygen atoms in total. The summed E-state index contributed by atoms with van der Waals surface area (Å²) in [7, 11) is 0. The summed E-state index contributed by atoms with van der Waals surface area (Å²) in [6.45, 7) is 2.18. The van der Waals surface area contributed by atoms with Crippen molar-refractivity contribution >= 4 is 17.4 Å². The van der Waals surface area contributed by atoms with E-state index in [0.717, 1.165) is 42.8 Å². The van der Waals surface area contributed by atoms with E-state index in [1.807, 2.05) is 12.1 Å². The number of rotatable bonds is 4. The van der Waals surface area contributed by atoms with Gasteiger partial charge in [0.1, 0.15) is 5.78 Å². The highest BCUT2D eigenvalue weighted by molar-refractivity contribution is 6.30. The normalized spacial score (nSPS) is 39.3. The SMILES string of the molecule is O=C(CC1CCNCC1)C12CC3CC(C1)CC(c1ccc(Cl)cc1)(C3)C2. The molecular formula is C23H30ClNO. The summed E-state index contributed by atoms with van der Waals surface area (Å²) in [5.41, 5.74) is 1.66. The third-order valence-electron chi connectivity index (χ3n) is 8.04. The fraction of sp³-hybridized carbons (Fsp3) is 0.696. The molecule has 0 aromatic heterocycles. The molecule has 5 fully saturated rings. The summed E-state index contributed by atoms with van der Waals surface area (Å²) in [5.74, 6) is 2.73. The van der Waals surface area contributed by atoms with Crippen LogP contribution in [0.3, 0.4) is 0 Å². The average Bonchev–Trinajstić information content (AvgIpc) is 2.62. The van der Waals surface area contributed by atoms with Gasteiger partial charge in [0, 0.05) is 16.9 Å². The number of nitrogens with one attached hydrogen (secondary N) is 1. The Kier molecular flexibility index (Phi) is 4.21. The maximum absolute atomic E-state index is 13.6. The Bertz CT molecular complexity index is 677. The van der Waals surface area contributed by atoms with Crippen LogP contribution in [0.1, 0.15) is 63.4 Å². The second-order valence-electron chi connectivity index (χ2n) is 9.85. The summed E-state index contributed by atoms with van der Waals surface area (Å²) in [4.78, 5) is 13.6. The van der Waals surface area contributed by atoms with E-state index in [1.165, 1.54) is 50.5 Å². The van der Waals surface area contributed by atoms with Crippen molar-refractivity contribution in [3.8, 4) is 0 Å². The number of hydrogen-bond acceptors (Lipinski definition) is 2. The van der Waals surface area contributed by atoms with Crippen molar-refractivity contribution in [2.24, 2.45) is 23.2 Å². The molecule has 1 aromatic rings. The number of piperidine rings is 1. The second kappa shape index (κ2) is 6.34. The molecule has 4 bridgehead atoms. The van der Waals surface area contributed by atoms with Gasteiger partial charge in [-0.2, -0.15) is 0 Å². The largest absolute Gasteiger partial charge is 0.317 e. The zero-order valence-corrected chi connectivity index (χ0v) is 16.4. The van der Waals surface area contributed by atoms with Crippen molar-refractivity contribution in [2.75, 3.05) is 13.1 Å². The van der Waals surface area contributed by atoms with Gasteiger partial charge in [-0.1, -0.05) is 23.7 Å². The van der Waals surface area contributed by atoms with Gasteiger partial charge in [-0.25, -0.2) is 0 Å². The Morgan fingerprint density at radius 2 is 1.69 bits per heavy atom. The van der Waals surface area contributed by atoms with E-state index in [9.17, 15) is 4.79 Å². The van der Waals surface area contributed by atoms with Crippen LogP contribution in [0.4, 0.5) is 0 Å². The average molecular weight is 372 g/mol. The fourth-order valence-electron chi connectivity index (χ4n) is 7.29. The maximum Gasteiger partial charge on any atom is 0.139 e. The minimum atomic E-state index is -0.0193. The number of ketones is 1. The molecule has 140 valence electrons. The van der Waals surface area contributed by atoms with Crippen LogP contribution in [-0.4, -0.2) is 18.9 Å². The second-order valence-corrected chi connectivity index (χ2v) is 10.3. The molecule has 1 N–H and O–H groups in total. The third kappa shape index (κ3) is 2.85. The lowest BCUT2D eigenvalue weighted by atomic mass is 9.42. The number of benzene rings is 1. The van der Waals surface area contributed by atoms with Crippen molar-refractivity contribution in [3.05, 3.63) is 34.9 Å². The zero-order chi connectivity index (χ0) is 17.8. The van der Waals surface area contributed by atoms with E-state index in [2.05, 4.69) is 17.4 Å². The van der Waals surface area contributed by atoms with Crippen LogP contribution in [-0.2, 0) is 10.2 Å². The molecule has 26 heavy (non-hydrogen) atoms. The Hall–Kier alpha value is -0.860. The topological polar surface area (TPSA) is 29.1 Å². The van der Waals surface area contributed by atoms with Gasteiger partial charge >= 0.3 is 0 Å². The monoisotopic (exact) mass is 371 g/mol. The van der Waals surface area contributed by atoms with Gasteiger partial charge in [-0.15, -0.1) is 0 Å². The van der Waals surface area contributed by atoms with Gasteiger partial charge in [0.2, 0.25) is 0 Å². The molecule has 0 amide bonds. The van der Waals surface area contributed by atoms with Gasteiger partial charge < -0.3 is 5.32 Å². The van der Waals surface area contributed by atoms with Crippen molar-refractivity contribution in [3.63, 3.8) is 0 Å². The summed E-state index contributed by atoms with van der Waals surface area (Å²) < 4.78 is 0. The Morgan fingerprint density at radius 1 is 1.04 bits per heavy atom. The molecule has 3 heteroatoms. The van der Waals surface area contributed by atoms with E-state index in [1.54, 1.807) is 0 Å². The maximum atomic E-state index is 13.6. The first-order chi connectivity index (χ1) is 12.6. The van der Waals surface area contributed by atoms with Gasteiger partial charge in [0.15, 0.2) is 0 Å². The molecule has 2 unspecified atom stereocenters. The molecule has 1 heterocycles. The van der Waals surface area contributed by atoms with Gasteiger partial charge in [0.25, 0.3) is 0 Å². The number of carbonyl (C=O) groups is 1. The zero-order valence-electron chi connectivity index (χ0n) is 15.6. The third-order valence-corrected chi connectivity index (χ3v) is 8.29. The molecule has 1 aliphatic heterocycles. The smallest absolute Gasteiger partial charge is 0.139 e. The minimum absolute atomic E-state index is 0.0193. The summed E-state index contributed by atoms with van der Waals surface area (Å²) in [6, 6.07) is 8.55. The van der Waals surface area contributed by atoms with Crippen molar-refractivity contribution in [1.82, 2.24) is 5.32 Å². The molecule has 6 rings (SSSR count). The number of halogens is 1. The lowest BCUT2D eigenvalue weighted by Gasteiger charge is -2.62. The molecular weight excluding hydrogens is 342 g/mol. The first kappa shape index (κ1) is 17.3. The Balaban J connectivity index is 1.42.